The third kappa shape index (κ3) is 7.06. The van der Waals surface area contributed by atoms with Crippen LogP contribution in [-0.2, 0) is 42.2 Å². The molecule has 148 valence electrons. The van der Waals surface area contributed by atoms with Gasteiger partial charge in [-0.05, 0) is 17.5 Å². The molecule has 2 rings (SSSR count). The Morgan fingerprint density at radius 1 is 0.679 bits per heavy atom. The summed E-state index contributed by atoms with van der Waals surface area (Å²) in [6.07, 6.45) is 0. The standard InChI is InChI=1S/C10H8O12S4.2Na.2H/c11-23(12)21-8-3-6(25(15,16)17)1-5-2-7(26(18,19)20)4-9(10(5)8)22-24(13)14;;;;/h1-4,23-24H,(H,15,16,17)(H,18,19,20);;;;. The molecule has 0 atom stereocenters. The molecule has 0 heterocycles. The van der Waals surface area contributed by atoms with Crippen LogP contribution < -0.4 is 8.37 Å². The van der Waals surface area contributed by atoms with Crippen molar-refractivity contribution in [1.29, 1.82) is 0 Å². The van der Waals surface area contributed by atoms with Gasteiger partial charge in [0.05, 0.1) is 15.2 Å². The van der Waals surface area contributed by atoms with Crippen LogP contribution in [-0.4, -0.2) is 102 Å². The third-order valence-corrected chi connectivity index (χ3v) is 5.22. The molecule has 18 heteroatoms. The van der Waals surface area contributed by atoms with E-state index < -0.39 is 74.3 Å². The Morgan fingerprint density at radius 3 is 1.25 bits per heavy atom. The van der Waals surface area contributed by atoms with Crippen LogP contribution in [0.25, 0.3) is 10.8 Å². The second-order valence-electron chi connectivity index (χ2n) is 4.52. The first-order valence-electron chi connectivity index (χ1n) is 6.00. The monoisotopic (exact) mass is 496 g/mol. The fourth-order valence-electron chi connectivity index (χ4n) is 1.99. The Balaban J connectivity index is 0.00000364. The Hall–Kier alpha value is 0.0200. The number of fused-ring (bicyclic) bond motifs is 1. The molecule has 0 aliphatic carbocycles. The van der Waals surface area contributed by atoms with E-state index in [1.807, 2.05) is 0 Å². The summed E-state index contributed by atoms with van der Waals surface area (Å²) in [5.74, 6) is -1.53. The van der Waals surface area contributed by atoms with E-state index in [1.165, 1.54) is 0 Å². The summed E-state index contributed by atoms with van der Waals surface area (Å²) >= 11 is 0. The number of hydrogen-bond acceptors (Lipinski definition) is 10. The Labute approximate surface area is 206 Å². The van der Waals surface area contributed by atoms with Crippen LogP contribution in [0.15, 0.2) is 34.1 Å². The van der Waals surface area contributed by atoms with Crippen molar-refractivity contribution < 1.29 is 51.1 Å². The number of thiol groups is 2. The van der Waals surface area contributed by atoms with Gasteiger partial charge in [0, 0.05) is 12.1 Å². The zero-order valence-electron chi connectivity index (χ0n) is 12.0. The van der Waals surface area contributed by atoms with Gasteiger partial charge in [-0.15, -0.1) is 0 Å². The minimum atomic E-state index is -4.89. The number of benzene rings is 2. The van der Waals surface area contributed by atoms with Crippen LogP contribution in [0, 0.1) is 0 Å². The van der Waals surface area contributed by atoms with E-state index >= 15 is 0 Å². The summed E-state index contributed by atoms with van der Waals surface area (Å²) in [7, 11) is -17.0. The maximum absolute atomic E-state index is 11.3. The Morgan fingerprint density at radius 2 is 1.00 bits per heavy atom. The maximum atomic E-state index is 11.3. The Kier molecular flexibility index (Phi) is 10.4. The van der Waals surface area contributed by atoms with Crippen LogP contribution in [0.4, 0.5) is 0 Å². The quantitative estimate of drug-likeness (QED) is 0.193. The molecule has 12 nitrogen and oxygen atoms in total. The summed E-state index contributed by atoms with van der Waals surface area (Å²) in [6.45, 7) is 0. The molecule has 0 spiro atoms. The van der Waals surface area contributed by atoms with Gasteiger partial charge in [-0.25, -0.2) is 0 Å². The molecule has 0 radical (unpaired) electrons. The molecular formula is C10H10Na2O12S4. The molecule has 0 unspecified atom stereocenters. The van der Waals surface area contributed by atoms with Crippen molar-refractivity contribution in [1.82, 2.24) is 0 Å². The van der Waals surface area contributed by atoms with Crippen LogP contribution in [0.3, 0.4) is 0 Å². The molecule has 2 N–H and O–H groups in total. The molecule has 0 bridgehead atoms. The van der Waals surface area contributed by atoms with E-state index in [9.17, 15) is 33.7 Å². The van der Waals surface area contributed by atoms with Crippen molar-refractivity contribution in [2.75, 3.05) is 0 Å². The predicted molar refractivity (Wildman–Crippen MR) is 99.8 cm³/mol. The van der Waals surface area contributed by atoms with Gasteiger partial charge < -0.3 is 8.37 Å². The first-order valence-corrected chi connectivity index (χ1v) is 11.1. The van der Waals surface area contributed by atoms with Crippen molar-refractivity contribution in [3.05, 3.63) is 24.3 Å². The minimum absolute atomic E-state index is 0. The summed E-state index contributed by atoms with van der Waals surface area (Å²) < 4.78 is 116. The van der Waals surface area contributed by atoms with Gasteiger partial charge in [0.25, 0.3) is 42.2 Å². The number of hydrogen-bond donors (Lipinski definition) is 4. The molecular weight excluding hydrogens is 486 g/mol. The van der Waals surface area contributed by atoms with Crippen LogP contribution in [0.2, 0.25) is 0 Å². The first kappa shape index (κ1) is 28.0. The first-order chi connectivity index (χ1) is 11.8. The predicted octanol–water partition coefficient (Wildman–Crippen LogP) is -2.15. The van der Waals surface area contributed by atoms with Crippen molar-refractivity contribution in [3.63, 3.8) is 0 Å². The van der Waals surface area contributed by atoms with Crippen molar-refractivity contribution >= 4 is 112 Å². The SMILES string of the molecule is O=[SH](=O)Oc1cc(S(=O)(=O)O)cc2cc(S(=O)(=O)O)cc(O[SH](=O)=O)c12.[NaH].[NaH]. The topological polar surface area (TPSA) is 195 Å². The third-order valence-electron chi connectivity index (χ3n) is 2.87. The van der Waals surface area contributed by atoms with E-state index in [2.05, 4.69) is 8.37 Å². The van der Waals surface area contributed by atoms with Gasteiger partial charge >= 0.3 is 59.1 Å². The van der Waals surface area contributed by atoms with Crippen molar-refractivity contribution in [3.8, 4) is 11.5 Å². The van der Waals surface area contributed by atoms with Gasteiger partial charge in [0.15, 0.2) is 11.5 Å². The van der Waals surface area contributed by atoms with Crippen molar-refractivity contribution in [2.45, 2.75) is 9.79 Å². The summed E-state index contributed by atoms with van der Waals surface area (Å²) in [4.78, 5) is -1.77. The van der Waals surface area contributed by atoms with Crippen molar-refractivity contribution in [2.24, 2.45) is 0 Å². The number of rotatable bonds is 6. The van der Waals surface area contributed by atoms with E-state index in [-0.39, 0.29) is 59.1 Å². The molecule has 2 aromatic carbocycles. The molecule has 0 fully saturated rings. The van der Waals surface area contributed by atoms with E-state index in [1.54, 1.807) is 0 Å². The average Bonchev–Trinajstić information content (AvgIpc) is 2.43. The molecule has 28 heavy (non-hydrogen) atoms. The van der Waals surface area contributed by atoms with Gasteiger partial charge in [-0.3, -0.25) is 9.11 Å². The van der Waals surface area contributed by atoms with E-state index in [4.69, 9.17) is 9.11 Å². The summed E-state index contributed by atoms with van der Waals surface area (Å²) in [5.41, 5.74) is 0. The van der Waals surface area contributed by atoms with E-state index in [0.717, 1.165) is 0 Å². The second kappa shape index (κ2) is 10.4. The summed E-state index contributed by atoms with van der Waals surface area (Å²) in [6, 6.07) is 2.49. The second-order valence-corrected chi connectivity index (χ2v) is 8.62. The summed E-state index contributed by atoms with van der Waals surface area (Å²) in [5, 5.41) is -0.864. The van der Waals surface area contributed by atoms with Crippen LogP contribution >= 0.6 is 0 Å². The molecule has 0 amide bonds. The fraction of sp³-hybridized carbons (Fsp3) is 0. The normalized spacial score (nSPS) is 11.7. The van der Waals surface area contributed by atoms with E-state index in [0.29, 0.717) is 24.3 Å². The zero-order valence-corrected chi connectivity index (χ0v) is 15.4. The van der Waals surface area contributed by atoms with Gasteiger partial charge in [-0.2, -0.15) is 33.7 Å². The van der Waals surface area contributed by atoms with Gasteiger partial charge in [0.1, 0.15) is 0 Å². The molecule has 0 aliphatic rings. The molecule has 0 aromatic heterocycles. The van der Waals surface area contributed by atoms with Crippen LogP contribution in [0.5, 0.6) is 11.5 Å². The Bertz CT molecular complexity index is 1150. The molecule has 0 aliphatic heterocycles. The van der Waals surface area contributed by atoms with Gasteiger partial charge in [0.2, 0.25) is 0 Å². The van der Waals surface area contributed by atoms with Crippen LogP contribution in [0.1, 0.15) is 0 Å². The molecule has 2 aromatic rings. The molecule has 0 saturated heterocycles. The van der Waals surface area contributed by atoms with Gasteiger partial charge in [-0.1, -0.05) is 0 Å². The average molecular weight is 496 g/mol. The molecule has 0 saturated carbocycles. The zero-order chi connectivity index (χ0) is 19.9. The fourth-order valence-corrected chi connectivity index (χ4v) is 3.66.